The van der Waals surface area contributed by atoms with Gasteiger partial charge in [0.15, 0.2) is 0 Å². The molecule has 0 radical (unpaired) electrons. The van der Waals surface area contributed by atoms with Crippen molar-refractivity contribution < 1.29 is 19.1 Å². The van der Waals surface area contributed by atoms with Gasteiger partial charge in [0.05, 0.1) is 11.3 Å². The maximum absolute atomic E-state index is 12.8. The van der Waals surface area contributed by atoms with Crippen LogP contribution in [0, 0.1) is 5.82 Å². The molecular weight excluding hydrogens is 301 g/mol. The molecule has 0 aliphatic carbocycles. The van der Waals surface area contributed by atoms with Crippen molar-refractivity contribution >= 4 is 46.3 Å². The van der Waals surface area contributed by atoms with E-state index in [4.69, 9.17) is 17.3 Å². The van der Waals surface area contributed by atoms with E-state index in [0.717, 1.165) is 11.8 Å². The summed E-state index contributed by atoms with van der Waals surface area (Å²) in [4.78, 5) is 24.3. The van der Waals surface area contributed by atoms with Gasteiger partial charge in [0, 0.05) is 6.54 Å². The predicted molar refractivity (Wildman–Crippen MR) is 78.5 cm³/mol. The highest BCUT2D eigenvalue weighted by atomic mass is 32.2. The Morgan fingerprint density at radius 1 is 1.40 bits per heavy atom. The molecule has 0 spiro atoms. The lowest BCUT2D eigenvalue weighted by molar-refractivity contribution is -0.137. The molecule has 1 saturated heterocycles. The third-order valence-corrected chi connectivity index (χ3v) is 3.97. The summed E-state index contributed by atoms with van der Waals surface area (Å²) in [5.74, 6) is -1.65. The Bertz CT molecular complexity index is 598. The third kappa shape index (κ3) is 3.43. The molecule has 1 amide bonds. The number of carboxylic acid groups (broad SMARTS) is 1. The fourth-order valence-electron chi connectivity index (χ4n) is 1.61. The minimum absolute atomic E-state index is 0.0563. The number of carbonyl (C=O) groups excluding carboxylic acids is 1. The van der Waals surface area contributed by atoms with Crippen molar-refractivity contribution in [3.8, 4) is 0 Å². The van der Waals surface area contributed by atoms with Crippen LogP contribution in [0.5, 0.6) is 0 Å². The number of nitrogens with zero attached hydrogens (tertiary/aromatic N) is 1. The van der Waals surface area contributed by atoms with Crippen molar-refractivity contribution in [2.45, 2.75) is 6.42 Å². The van der Waals surface area contributed by atoms with Gasteiger partial charge < -0.3 is 5.11 Å². The van der Waals surface area contributed by atoms with Gasteiger partial charge in [-0.25, -0.2) is 4.39 Å². The fourth-order valence-corrected chi connectivity index (χ4v) is 2.92. The van der Waals surface area contributed by atoms with Crippen molar-refractivity contribution in [2.24, 2.45) is 0 Å². The summed E-state index contributed by atoms with van der Waals surface area (Å²) in [6.07, 6.45) is 1.45. The number of rotatable bonds is 4. The maximum atomic E-state index is 12.8. The van der Waals surface area contributed by atoms with Crippen LogP contribution in [-0.4, -0.2) is 32.7 Å². The molecule has 1 aliphatic rings. The van der Waals surface area contributed by atoms with Crippen molar-refractivity contribution in [1.82, 2.24) is 4.90 Å². The van der Waals surface area contributed by atoms with Gasteiger partial charge in [-0.15, -0.1) is 0 Å². The lowest BCUT2D eigenvalue weighted by Crippen LogP contribution is -2.30. The van der Waals surface area contributed by atoms with E-state index < -0.39 is 5.97 Å². The lowest BCUT2D eigenvalue weighted by atomic mass is 10.2. The molecule has 1 aromatic carbocycles. The van der Waals surface area contributed by atoms with Crippen LogP contribution in [0.15, 0.2) is 29.2 Å². The number of amides is 1. The van der Waals surface area contributed by atoms with E-state index in [1.54, 1.807) is 18.2 Å². The van der Waals surface area contributed by atoms with Crippen LogP contribution in [0.25, 0.3) is 6.08 Å². The van der Waals surface area contributed by atoms with Gasteiger partial charge in [-0.2, -0.15) is 0 Å². The number of hydrogen-bond acceptors (Lipinski definition) is 4. The van der Waals surface area contributed by atoms with E-state index in [-0.39, 0.29) is 24.7 Å². The average Bonchev–Trinajstić information content (AvgIpc) is 2.65. The first-order valence-electron chi connectivity index (χ1n) is 5.70. The SMILES string of the molecule is O=C(O)CCN1C(=O)/C(=C/c2ccc(F)cc2)SC1=S. The van der Waals surface area contributed by atoms with E-state index in [2.05, 4.69) is 0 Å². The second kappa shape index (κ2) is 6.15. The normalized spacial score (nSPS) is 17.1. The maximum Gasteiger partial charge on any atom is 0.305 e. The van der Waals surface area contributed by atoms with Gasteiger partial charge in [0.2, 0.25) is 0 Å². The Balaban J connectivity index is 2.14. The van der Waals surface area contributed by atoms with Crippen molar-refractivity contribution in [2.75, 3.05) is 6.54 Å². The van der Waals surface area contributed by atoms with Crippen LogP contribution in [-0.2, 0) is 9.59 Å². The first-order valence-corrected chi connectivity index (χ1v) is 6.92. The standard InChI is InChI=1S/C13H10FNO3S2/c14-9-3-1-8(2-4-9)7-10-12(18)15(13(19)20-10)6-5-11(16)17/h1-4,7H,5-6H2,(H,16,17)/b10-7-. The monoisotopic (exact) mass is 311 g/mol. The largest absolute Gasteiger partial charge is 0.481 e. The number of carboxylic acids is 1. The molecule has 1 fully saturated rings. The third-order valence-electron chi connectivity index (χ3n) is 2.59. The van der Waals surface area contributed by atoms with E-state index in [9.17, 15) is 14.0 Å². The fraction of sp³-hybridized carbons (Fsp3) is 0.154. The number of thiocarbonyl (C=S) groups is 1. The van der Waals surface area contributed by atoms with Crippen LogP contribution in [0.4, 0.5) is 4.39 Å². The molecular formula is C13H10FNO3S2. The minimum Gasteiger partial charge on any atom is -0.481 e. The van der Waals surface area contributed by atoms with Crippen LogP contribution in [0.1, 0.15) is 12.0 Å². The number of benzene rings is 1. The minimum atomic E-state index is -0.985. The Morgan fingerprint density at radius 2 is 2.05 bits per heavy atom. The second-order valence-electron chi connectivity index (χ2n) is 4.03. The van der Waals surface area contributed by atoms with Crippen molar-refractivity contribution in [3.05, 3.63) is 40.6 Å². The molecule has 0 aromatic heterocycles. The molecule has 7 heteroatoms. The summed E-state index contributed by atoms with van der Waals surface area (Å²) < 4.78 is 13.1. The molecule has 0 atom stereocenters. The zero-order valence-electron chi connectivity index (χ0n) is 10.2. The molecule has 0 bridgehead atoms. The Labute approximate surface area is 124 Å². The van der Waals surface area contributed by atoms with Crippen molar-refractivity contribution in [1.29, 1.82) is 0 Å². The molecule has 1 heterocycles. The van der Waals surface area contributed by atoms with Crippen LogP contribution < -0.4 is 0 Å². The lowest BCUT2D eigenvalue weighted by Gasteiger charge is -2.12. The Kier molecular flexibility index (Phi) is 4.51. The van der Waals surface area contributed by atoms with Gasteiger partial charge in [0.25, 0.3) is 5.91 Å². The average molecular weight is 311 g/mol. The summed E-state index contributed by atoms with van der Waals surface area (Å²) in [6.45, 7) is 0.0563. The summed E-state index contributed by atoms with van der Waals surface area (Å²) in [5, 5.41) is 8.64. The molecule has 2 rings (SSSR count). The zero-order valence-corrected chi connectivity index (χ0v) is 11.8. The molecule has 0 unspecified atom stereocenters. The van der Waals surface area contributed by atoms with E-state index in [1.807, 2.05) is 0 Å². The molecule has 1 N–H and O–H groups in total. The topological polar surface area (TPSA) is 57.6 Å². The highest BCUT2D eigenvalue weighted by Gasteiger charge is 2.31. The van der Waals surface area contributed by atoms with Gasteiger partial charge in [0.1, 0.15) is 10.1 Å². The van der Waals surface area contributed by atoms with Gasteiger partial charge in [-0.05, 0) is 23.8 Å². The highest BCUT2D eigenvalue weighted by Crippen LogP contribution is 2.32. The van der Waals surface area contributed by atoms with Crippen LogP contribution in [0.3, 0.4) is 0 Å². The summed E-state index contributed by atoms with van der Waals surface area (Å²) >= 11 is 6.17. The van der Waals surface area contributed by atoms with Crippen LogP contribution in [0.2, 0.25) is 0 Å². The predicted octanol–water partition coefficient (Wildman–Crippen LogP) is 2.50. The number of thioether (sulfide) groups is 1. The Morgan fingerprint density at radius 3 is 2.65 bits per heavy atom. The highest BCUT2D eigenvalue weighted by molar-refractivity contribution is 8.26. The first kappa shape index (κ1) is 14.7. The van der Waals surface area contributed by atoms with E-state index in [1.165, 1.54) is 17.0 Å². The second-order valence-corrected chi connectivity index (χ2v) is 5.70. The molecule has 20 heavy (non-hydrogen) atoms. The van der Waals surface area contributed by atoms with E-state index in [0.29, 0.717) is 14.8 Å². The first-order chi connectivity index (χ1) is 9.47. The van der Waals surface area contributed by atoms with Crippen LogP contribution >= 0.6 is 24.0 Å². The summed E-state index contributed by atoms with van der Waals surface area (Å²) in [5.41, 5.74) is 0.685. The van der Waals surface area contributed by atoms with Gasteiger partial charge in [-0.3, -0.25) is 14.5 Å². The molecule has 4 nitrogen and oxygen atoms in total. The molecule has 1 aliphatic heterocycles. The smallest absolute Gasteiger partial charge is 0.305 e. The Hall–Kier alpha value is -1.73. The number of halogens is 1. The number of hydrogen-bond donors (Lipinski definition) is 1. The van der Waals surface area contributed by atoms with Gasteiger partial charge >= 0.3 is 5.97 Å². The molecule has 0 saturated carbocycles. The number of aliphatic carboxylic acids is 1. The number of carbonyl (C=O) groups is 2. The summed E-state index contributed by atoms with van der Waals surface area (Å²) in [6, 6.07) is 5.71. The molecule has 1 aromatic rings. The van der Waals surface area contributed by atoms with Gasteiger partial charge in [-0.1, -0.05) is 36.1 Å². The molecule has 104 valence electrons. The zero-order chi connectivity index (χ0) is 14.7. The van der Waals surface area contributed by atoms with E-state index >= 15 is 0 Å². The quantitative estimate of drug-likeness (QED) is 0.684. The summed E-state index contributed by atoms with van der Waals surface area (Å²) in [7, 11) is 0. The van der Waals surface area contributed by atoms with Crippen molar-refractivity contribution in [3.63, 3.8) is 0 Å².